The second-order valence-corrected chi connectivity index (χ2v) is 6.28. The highest BCUT2D eigenvalue weighted by Crippen LogP contribution is 2.16. The molecule has 0 aliphatic carbocycles. The molecule has 25 heavy (non-hydrogen) atoms. The van der Waals surface area contributed by atoms with E-state index in [1.807, 2.05) is 42.5 Å². The van der Waals surface area contributed by atoms with Gasteiger partial charge in [-0.3, -0.25) is 9.69 Å². The number of benzene rings is 2. The first-order valence-corrected chi connectivity index (χ1v) is 8.78. The van der Waals surface area contributed by atoms with Crippen molar-refractivity contribution in [3.05, 3.63) is 66.0 Å². The van der Waals surface area contributed by atoms with Gasteiger partial charge in [-0.1, -0.05) is 18.2 Å². The number of piperazine rings is 1. The van der Waals surface area contributed by atoms with Gasteiger partial charge in [0.05, 0.1) is 0 Å². The number of carbonyl (C=O) groups is 1. The molecule has 4 nitrogen and oxygen atoms in total. The first kappa shape index (κ1) is 17.4. The summed E-state index contributed by atoms with van der Waals surface area (Å²) in [5, 5.41) is 2.97. The van der Waals surface area contributed by atoms with Crippen LogP contribution in [-0.2, 0) is 0 Å². The summed E-state index contributed by atoms with van der Waals surface area (Å²) in [5.41, 5.74) is 1.78. The molecule has 1 saturated heterocycles. The third-order valence-corrected chi connectivity index (χ3v) is 4.54. The zero-order valence-electron chi connectivity index (χ0n) is 14.3. The Morgan fingerprint density at radius 1 is 0.960 bits per heavy atom. The van der Waals surface area contributed by atoms with Gasteiger partial charge in [0.1, 0.15) is 5.82 Å². The van der Waals surface area contributed by atoms with Crippen LogP contribution in [0.15, 0.2) is 54.6 Å². The second kappa shape index (κ2) is 8.62. The van der Waals surface area contributed by atoms with E-state index < -0.39 is 0 Å². The fourth-order valence-corrected chi connectivity index (χ4v) is 3.08. The molecular formula is C20H24FN3O. The number of halogens is 1. The minimum absolute atomic E-state index is 0.0123. The second-order valence-electron chi connectivity index (χ2n) is 6.28. The number of amides is 1. The molecule has 5 heteroatoms. The van der Waals surface area contributed by atoms with Gasteiger partial charge in [-0.25, -0.2) is 4.39 Å². The Morgan fingerprint density at radius 3 is 2.32 bits per heavy atom. The first-order chi connectivity index (χ1) is 12.2. The molecule has 1 fully saturated rings. The van der Waals surface area contributed by atoms with E-state index in [1.54, 1.807) is 0 Å². The van der Waals surface area contributed by atoms with Crippen molar-refractivity contribution in [2.75, 3.05) is 44.2 Å². The summed E-state index contributed by atoms with van der Waals surface area (Å²) in [4.78, 5) is 16.7. The number of rotatable bonds is 6. The van der Waals surface area contributed by atoms with Crippen LogP contribution in [0.3, 0.4) is 0 Å². The van der Waals surface area contributed by atoms with Crippen LogP contribution >= 0.6 is 0 Å². The number of nitrogens with one attached hydrogen (secondary N) is 1. The van der Waals surface area contributed by atoms with Gasteiger partial charge < -0.3 is 10.2 Å². The lowest BCUT2D eigenvalue weighted by molar-refractivity contribution is 0.0951. The summed E-state index contributed by atoms with van der Waals surface area (Å²) in [6.07, 6.45) is 0.940. The summed E-state index contributed by atoms with van der Waals surface area (Å²) in [7, 11) is 0. The number of carbonyl (C=O) groups excluding carboxylic acids is 1. The summed E-state index contributed by atoms with van der Waals surface area (Å²) in [6.45, 7) is 5.54. The molecule has 0 aromatic heterocycles. The fourth-order valence-electron chi connectivity index (χ4n) is 3.08. The van der Waals surface area contributed by atoms with Crippen molar-refractivity contribution in [2.45, 2.75) is 6.42 Å². The Balaban J connectivity index is 1.34. The monoisotopic (exact) mass is 341 g/mol. The normalized spacial score (nSPS) is 15.2. The molecule has 1 amide bonds. The fraction of sp³-hybridized carbons (Fsp3) is 0.350. The minimum atomic E-state index is -0.195. The Hall–Kier alpha value is -2.40. The van der Waals surface area contributed by atoms with E-state index >= 15 is 0 Å². The van der Waals surface area contributed by atoms with Crippen LogP contribution in [0.4, 0.5) is 10.1 Å². The molecule has 132 valence electrons. The van der Waals surface area contributed by atoms with E-state index in [4.69, 9.17) is 0 Å². The van der Waals surface area contributed by atoms with Crippen LogP contribution in [0.25, 0.3) is 0 Å². The van der Waals surface area contributed by atoms with Crippen molar-refractivity contribution in [3.63, 3.8) is 0 Å². The Bertz CT molecular complexity index is 667. The number of hydrogen-bond acceptors (Lipinski definition) is 3. The zero-order chi connectivity index (χ0) is 17.5. The molecular weight excluding hydrogens is 317 g/mol. The molecule has 0 bridgehead atoms. The summed E-state index contributed by atoms with van der Waals surface area (Å²) in [6, 6.07) is 16.0. The molecule has 2 aromatic rings. The molecule has 1 heterocycles. The maximum Gasteiger partial charge on any atom is 0.251 e. The van der Waals surface area contributed by atoms with Crippen LogP contribution in [0.5, 0.6) is 0 Å². The predicted molar refractivity (Wildman–Crippen MR) is 98.4 cm³/mol. The lowest BCUT2D eigenvalue weighted by Crippen LogP contribution is -2.47. The highest BCUT2D eigenvalue weighted by Gasteiger charge is 2.16. The molecule has 0 unspecified atom stereocenters. The molecule has 1 aliphatic heterocycles. The average molecular weight is 341 g/mol. The van der Waals surface area contributed by atoms with E-state index in [2.05, 4.69) is 15.1 Å². The quantitative estimate of drug-likeness (QED) is 0.821. The maximum absolute atomic E-state index is 13.0. The Labute approximate surface area is 148 Å². The molecule has 1 N–H and O–H groups in total. The van der Waals surface area contributed by atoms with Crippen molar-refractivity contribution >= 4 is 11.6 Å². The Kier molecular flexibility index (Phi) is 6.01. The minimum Gasteiger partial charge on any atom is -0.369 e. The van der Waals surface area contributed by atoms with Crippen LogP contribution in [0.1, 0.15) is 16.8 Å². The van der Waals surface area contributed by atoms with Gasteiger partial charge in [0.15, 0.2) is 0 Å². The van der Waals surface area contributed by atoms with E-state index in [9.17, 15) is 9.18 Å². The summed E-state index contributed by atoms with van der Waals surface area (Å²) < 4.78 is 13.0. The van der Waals surface area contributed by atoms with E-state index in [1.165, 1.54) is 12.1 Å². The van der Waals surface area contributed by atoms with Gasteiger partial charge in [0.25, 0.3) is 5.91 Å². The molecule has 0 spiro atoms. The van der Waals surface area contributed by atoms with Gasteiger partial charge in [0, 0.05) is 44.0 Å². The SMILES string of the molecule is O=C(NCCCN1CCN(c2ccc(F)cc2)CC1)c1ccccc1. The van der Waals surface area contributed by atoms with Gasteiger partial charge >= 0.3 is 0 Å². The molecule has 2 aromatic carbocycles. The lowest BCUT2D eigenvalue weighted by atomic mass is 10.2. The number of anilines is 1. The topological polar surface area (TPSA) is 35.6 Å². The van der Waals surface area contributed by atoms with Crippen LogP contribution < -0.4 is 10.2 Å². The van der Waals surface area contributed by atoms with Crippen molar-refractivity contribution in [1.29, 1.82) is 0 Å². The van der Waals surface area contributed by atoms with E-state index in [-0.39, 0.29) is 11.7 Å². The average Bonchev–Trinajstić information content (AvgIpc) is 2.67. The van der Waals surface area contributed by atoms with Gasteiger partial charge in [-0.05, 0) is 49.4 Å². The summed E-state index contributed by atoms with van der Waals surface area (Å²) >= 11 is 0. The van der Waals surface area contributed by atoms with Crippen molar-refractivity contribution in [2.24, 2.45) is 0 Å². The molecule has 1 aliphatic rings. The highest BCUT2D eigenvalue weighted by atomic mass is 19.1. The summed E-state index contributed by atoms with van der Waals surface area (Å²) in [5.74, 6) is -0.207. The van der Waals surface area contributed by atoms with Crippen LogP contribution in [0.2, 0.25) is 0 Å². The highest BCUT2D eigenvalue weighted by molar-refractivity contribution is 5.94. The Morgan fingerprint density at radius 2 is 1.64 bits per heavy atom. The predicted octanol–water partition coefficient (Wildman–Crippen LogP) is 2.77. The third kappa shape index (κ3) is 5.03. The molecule has 3 rings (SSSR count). The van der Waals surface area contributed by atoms with Gasteiger partial charge in [-0.2, -0.15) is 0 Å². The standard InChI is InChI=1S/C20H24FN3O/c21-18-7-9-19(10-8-18)24-15-13-23(14-16-24)12-4-11-22-20(25)17-5-2-1-3-6-17/h1-3,5-10H,4,11-16H2,(H,22,25). The molecule has 0 radical (unpaired) electrons. The van der Waals surface area contributed by atoms with Crippen molar-refractivity contribution < 1.29 is 9.18 Å². The molecule has 0 atom stereocenters. The molecule has 0 saturated carbocycles. The van der Waals surface area contributed by atoms with Gasteiger partial charge in [-0.15, -0.1) is 0 Å². The lowest BCUT2D eigenvalue weighted by Gasteiger charge is -2.36. The zero-order valence-corrected chi connectivity index (χ0v) is 14.3. The van der Waals surface area contributed by atoms with Crippen molar-refractivity contribution in [1.82, 2.24) is 10.2 Å². The number of hydrogen-bond donors (Lipinski definition) is 1. The number of nitrogens with zero attached hydrogens (tertiary/aromatic N) is 2. The first-order valence-electron chi connectivity index (χ1n) is 8.78. The third-order valence-electron chi connectivity index (χ3n) is 4.54. The maximum atomic E-state index is 13.0. The van der Waals surface area contributed by atoms with Crippen molar-refractivity contribution in [3.8, 4) is 0 Å². The smallest absolute Gasteiger partial charge is 0.251 e. The van der Waals surface area contributed by atoms with E-state index in [0.717, 1.165) is 44.8 Å². The van der Waals surface area contributed by atoms with Gasteiger partial charge in [0.2, 0.25) is 0 Å². The largest absolute Gasteiger partial charge is 0.369 e. The van der Waals surface area contributed by atoms with E-state index in [0.29, 0.717) is 12.1 Å². The van der Waals surface area contributed by atoms with Crippen LogP contribution in [-0.4, -0.2) is 50.1 Å². The van der Waals surface area contributed by atoms with Crippen LogP contribution in [0, 0.1) is 5.82 Å².